The molecule has 1 aromatic rings. The molecule has 1 aliphatic heterocycles. The minimum absolute atomic E-state index is 0.287. The SMILES string of the molecule is C=C1[C@@H](C)[C@H]2[C@@H](Cc3ccccc3)NC(=O)[C@@]23[C@H](/C=C\C[C@H](C)C(=O)[C@@](C)(O)/C=C\[C@H]3OC(C)=O)[C@@H]1O. The van der Waals surface area contributed by atoms with Crippen LogP contribution >= 0.6 is 0 Å². The summed E-state index contributed by atoms with van der Waals surface area (Å²) in [5.74, 6) is -3.26. The molecule has 0 bridgehead atoms. The number of hydrogen-bond donors (Lipinski definition) is 3. The van der Waals surface area contributed by atoms with Gasteiger partial charge in [-0.15, -0.1) is 0 Å². The molecule has 7 heteroatoms. The van der Waals surface area contributed by atoms with E-state index in [4.69, 9.17) is 4.74 Å². The van der Waals surface area contributed by atoms with Crippen LogP contribution in [0.4, 0.5) is 0 Å². The number of amides is 1. The summed E-state index contributed by atoms with van der Waals surface area (Å²) >= 11 is 0. The monoisotopic (exact) mass is 507 g/mol. The Morgan fingerprint density at radius 3 is 2.51 bits per heavy atom. The van der Waals surface area contributed by atoms with Crippen molar-refractivity contribution in [2.45, 2.75) is 64.4 Å². The average molecular weight is 508 g/mol. The quantitative estimate of drug-likeness (QED) is 0.428. The zero-order valence-corrected chi connectivity index (χ0v) is 21.9. The molecule has 3 N–H and O–H groups in total. The molecule has 1 heterocycles. The zero-order chi connectivity index (χ0) is 27.1. The summed E-state index contributed by atoms with van der Waals surface area (Å²) < 4.78 is 5.81. The van der Waals surface area contributed by atoms with Gasteiger partial charge in [-0.05, 0) is 49.0 Å². The molecular weight excluding hydrogens is 470 g/mol. The molecule has 198 valence electrons. The molecule has 7 nitrogen and oxygen atoms in total. The maximum Gasteiger partial charge on any atom is 0.303 e. The molecule has 4 rings (SSSR count). The van der Waals surface area contributed by atoms with Gasteiger partial charge in [0.2, 0.25) is 5.91 Å². The van der Waals surface area contributed by atoms with Gasteiger partial charge in [-0.1, -0.05) is 62.9 Å². The molecule has 1 saturated carbocycles. The third kappa shape index (κ3) is 4.59. The first-order valence-corrected chi connectivity index (χ1v) is 12.9. The Labute approximate surface area is 218 Å². The largest absolute Gasteiger partial charge is 0.457 e. The Morgan fingerprint density at radius 1 is 1.19 bits per heavy atom. The van der Waals surface area contributed by atoms with Crippen LogP contribution in [0.25, 0.3) is 0 Å². The average Bonchev–Trinajstić information content (AvgIpc) is 3.13. The van der Waals surface area contributed by atoms with E-state index in [2.05, 4.69) is 11.9 Å². The van der Waals surface area contributed by atoms with Gasteiger partial charge in [0.15, 0.2) is 5.78 Å². The topological polar surface area (TPSA) is 113 Å². The number of carbonyl (C=O) groups is 3. The molecule has 1 spiro atoms. The molecule has 2 fully saturated rings. The van der Waals surface area contributed by atoms with Crippen LogP contribution in [0.5, 0.6) is 0 Å². The first kappa shape index (κ1) is 27.0. The number of Topliss-reactive ketones (excluding diaryl/α,β-unsaturated/α-hetero) is 1. The van der Waals surface area contributed by atoms with Crippen molar-refractivity contribution in [2.24, 2.45) is 29.1 Å². The van der Waals surface area contributed by atoms with Crippen molar-refractivity contribution in [3.63, 3.8) is 0 Å². The lowest BCUT2D eigenvalue weighted by molar-refractivity contribution is -0.166. The van der Waals surface area contributed by atoms with Crippen molar-refractivity contribution in [3.05, 3.63) is 72.4 Å². The van der Waals surface area contributed by atoms with Crippen LogP contribution in [0.1, 0.15) is 39.7 Å². The van der Waals surface area contributed by atoms with Gasteiger partial charge in [0.25, 0.3) is 0 Å². The predicted octanol–water partition coefficient (Wildman–Crippen LogP) is 2.92. The van der Waals surface area contributed by atoms with E-state index in [0.717, 1.165) is 5.56 Å². The fraction of sp³-hybridized carbons (Fsp3) is 0.500. The fourth-order valence-electron chi connectivity index (χ4n) is 6.68. The number of nitrogens with one attached hydrogen (secondary N) is 1. The van der Waals surface area contributed by atoms with E-state index in [9.17, 15) is 24.6 Å². The number of ether oxygens (including phenoxy) is 1. The minimum Gasteiger partial charge on any atom is -0.457 e. The number of allylic oxidation sites excluding steroid dienone is 1. The molecule has 37 heavy (non-hydrogen) atoms. The van der Waals surface area contributed by atoms with E-state index in [1.807, 2.05) is 37.3 Å². The van der Waals surface area contributed by atoms with Crippen LogP contribution in [-0.2, 0) is 25.5 Å². The first-order valence-electron chi connectivity index (χ1n) is 12.9. The van der Waals surface area contributed by atoms with Crippen molar-refractivity contribution in [1.29, 1.82) is 0 Å². The summed E-state index contributed by atoms with van der Waals surface area (Å²) in [6.07, 6.45) is 5.01. The maximum absolute atomic E-state index is 14.2. The number of rotatable bonds is 3. The van der Waals surface area contributed by atoms with Crippen LogP contribution in [0.3, 0.4) is 0 Å². The molecule has 9 atom stereocenters. The Kier molecular flexibility index (Phi) is 7.32. The van der Waals surface area contributed by atoms with Gasteiger partial charge in [0.05, 0.1) is 6.10 Å². The van der Waals surface area contributed by atoms with E-state index < -0.39 is 46.9 Å². The molecule has 1 amide bonds. The summed E-state index contributed by atoms with van der Waals surface area (Å²) in [5.41, 5.74) is -1.55. The Bertz CT molecular complexity index is 1140. The van der Waals surface area contributed by atoms with Crippen molar-refractivity contribution in [1.82, 2.24) is 5.32 Å². The van der Waals surface area contributed by atoms with Gasteiger partial charge in [0, 0.05) is 30.7 Å². The molecular formula is C30H37NO6. The van der Waals surface area contributed by atoms with E-state index in [0.29, 0.717) is 18.4 Å². The normalized spacial score (nSPS) is 41.6. The van der Waals surface area contributed by atoms with E-state index in [1.165, 1.54) is 26.0 Å². The van der Waals surface area contributed by atoms with Gasteiger partial charge >= 0.3 is 5.97 Å². The highest BCUT2D eigenvalue weighted by Gasteiger charge is 2.68. The Balaban J connectivity index is 1.94. The second kappa shape index (κ2) is 10.0. The van der Waals surface area contributed by atoms with Gasteiger partial charge in [0.1, 0.15) is 17.1 Å². The molecule has 3 aliphatic rings. The van der Waals surface area contributed by atoms with Crippen LogP contribution < -0.4 is 5.32 Å². The number of aliphatic hydroxyl groups is 2. The lowest BCUT2D eigenvalue weighted by atomic mass is 9.51. The van der Waals surface area contributed by atoms with Gasteiger partial charge < -0.3 is 20.3 Å². The van der Waals surface area contributed by atoms with Crippen molar-refractivity contribution >= 4 is 17.7 Å². The zero-order valence-electron chi connectivity index (χ0n) is 21.9. The van der Waals surface area contributed by atoms with Crippen molar-refractivity contribution in [3.8, 4) is 0 Å². The smallest absolute Gasteiger partial charge is 0.303 e. The summed E-state index contributed by atoms with van der Waals surface area (Å²) in [4.78, 5) is 39.5. The Morgan fingerprint density at radius 2 is 1.86 bits per heavy atom. The van der Waals surface area contributed by atoms with Crippen LogP contribution in [0.15, 0.2) is 66.8 Å². The van der Waals surface area contributed by atoms with E-state index >= 15 is 0 Å². The molecule has 2 aliphatic carbocycles. The molecule has 1 aromatic carbocycles. The third-order valence-electron chi connectivity index (χ3n) is 8.53. The van der Waals surface area contributed by atoms with Gasteiger partial charge in [-0.2, -0.15) is 0 Å². The number of carbonyl (C=O) groups excluding carboxylic acids is 3. The lowest BCUT2D eigenvalue weighted by Crippen LogP contribution is -2.60. The molecule has 0 unspecified atom stereocenters. The van der Waals surface area contributed by atoms with Crippen LogP contribution in [-0.4, -0.2) is 51.7 Å². The molecule has 0 radical (unpaired) electrons. The number of benzene rings is 1. The van der Waals surface area contributed by atoms with Crippen molar-refractivity contribution in [2.75, 3.05) is 0 Å². The highest BCUT2D eigenvalue weighted by Crippen LogP contribution is 2.58. The summed E-state index contributed by atoms with van der Waals surface area (Å²) in [7, 11) is 0. The predicted molar refractivity (Wildman–Crippen MR) is 139 cm³/mol. The summed E-state index contributed by atoms with van der Waals surface area (Å²) in [6.45, 7) is 10.5. The number of hydrogen-bond acceptors (Lipinski definition) is 6. The summed E-state index contributed by atoms with van der Waals surface area (Å²) in [5, 5.41) is 25.7. The number of esters is 1. The molecule has 1 saturated heterocycles. The molecule has 0 aromatic heterocycles. The second-order valence-electron chi connectivity index (χ2n) is 11.0. The van der Waals surface area contributed by atoms with Gasteiger partial charge in [-0.3, -0.25) is 14.4 Å². The second-order valence-corrected chi connectivity index (χ2v) is 11.0. The Hall–Kier alpha value is -3.03. The van der Waals surface area contributed by atoms with E-state index in [1.54, 1.807) is 19.1 Å². The van der Waals surface area contributed by atoms with Crippen LogP contribution in [0.2, 0.25) is 0 Å². The van der Waals surface area contributed by atoms with Crippen LogP contribution in [0, 0.1) is 29.1 Å². The van der Waals surface area contributed by atoms with Gasteiger partial charge in [-0.25, -0.2) is 0 Å². The standard InChI is InChI=1S/C30H37NO6/c1-17-10-9-13-22-26(33)19(3)18(2)25-23(16-21-11-7-6-8-12-21)31-28(35)30(22,25)24(37-20(4)32)14-15-29(5,36)27(17)34/h6-9,11-15,17-18,22-26,33,36H,3,10,16H2,1-2,4-5H3,(H,31,35)/b13-9-,15-14-/t17-,18+,22+,23+,24+,25-,26+,29-,30+/m0/s1. The maximum atomic E-state index is 14.2. The third-order valence-corrected chi connectivity index (χ3v) is 8.53. The minimum atomic E-state index is -1.82. The summed E-state index contributed by atoms with van der Waals surface area (Å²) in [6, 6.07) is 9.49. The first-order chi connectivity index (χ1) is 17.4. The highest BCUT2D eigenvalue weighted by molar-refractivity contribution is 5.91. The van der Waals surface area contributed by atoms with Crippen molar-refractivity contribution < 1.29 is 29.3 Å². The lowest BCUT2D eigenvalue weighted by Gasteiger charge is -2.52. The number of aliphatic hydroxyl groups excluding tert-OH is 1. The fourth-order valence-corrected chi connectivity index (χ4v) is 6.68. The van der Waals surface area contributed by atoms with E-state index in [-0.39, 0.29) is 23.7 Å². The number of ketones is 1. The highest BCUT2D eigenvalue weighted by atomic mass is 16.5.